The predicted octanol–water partition coefficient (Wildman–Crippen LogP) is 16.5. The fourth-order valence-corrected chi connectivity index (χ4v) is 7.24. The van der Waals surface area contributed by atoms with E-state index < -0.39 is 6.10 Å². The van der Waals surface area contributed by atoms with Crippen LogP contribution in [0, 0.1) is 0 Å². The van der Waals surface area contributed by atoms with Gasteiger partial charge in [0, 0.05) is 19.3 Å². The molecule has 0 aromatic carbocycles. The zero-order valence-electron chi connectivity index (χ0n) is 39.3. The van der Waals surface area contributed by atoms with Crippen molar-refractivity contribution in [3.8, 4) is 0 Å². The third-order valence-corrected chi connectivity index (χ3v) is 11.1. The molecular formula is C53H96O6. The minimum absolute atomic E-state index is 0.0802. The predicted molar refractivity (Wildman–Crippen MR) is 252 cm³/mol. The summed E-state index contributed by atoms with van der Waals surface area (Å²) in [4.78, 5) is 37.9. The van der Waals surface area contributed by atoms with E-state index in [1.807, 2.05) is 0 Å². The molecule has 0 bridgehead atoms. The summed E-state index contributed by atoms with van der Waals surface area (Å²) in [6.07, 6.45) is 55.5. The Bertz CT molecular complexity index is 1000. The van der Waals surface area contributed by atoms with Gasteiger partial charge in [-0.3, -0.25) is 14.4 Å². The third kappa shape index (κ3) is 46.5. The van der Waals surface area contributed by atoms with Gasteiger partial charge in [-0.1, -0.05) is 218 Å². The summed E-state index contributed by atoms with van der Waals surface area (Å²) in [7, 11) is 0. The molecule has 0 aliphatic heterocycles. The van der Waals surface area contributed by atoms with Crippen LogP contribution in [0.1, 0.15) is 265 Å². The highest BCUT2D eigenvalue weighted by Gasteiger charge is 2.19. The second-order valence-electron chi connectivity index (χ2n) is 17.1. The Hall–Kier alpha value is -2.37. The van der Waals surface area contributed by atoms with Gasteiger partial charge in [0.1, 0.15) is 13.2 Å². The molecular weight excluding hydrogens is 733 g/mol. The van der Waals surface area contributed by atoms with Crippen LogP contribution in [0.5, 0.6) is 0 Å². The van der Waals surface area contributed by atoms with Gasteiger partial charge < -0.3 is 14.2 Å². The number of unbranched alkanes of at least 4 members (excludes halogenated alkanes) is 30. The molecule has 0 saturated heterocycles. The lowest BCUT2D eigenvalue weighted by Crippen LogP contribution is -2.30. The van der Waals surface area contributed by atoms with Gasteiger partial charge in [-0.05, 0) is 64.2 Å². The fourth-order valence-electron chi connectivity index (χ4n) is 7.24. The molecule has 0 fully saturated rings. The molecule has 0 rings (SSSR count). The standard InChI is InChI=1S/C53H96O6/c1-4-7-10-13-16-19-22-24-26-28-31-34-37-40-43-46-52(55)58-49-50(48-57-51(54)45-42-39-36-33-30-21-18-15-12-9-6-3)59-53(56)47-44-41-38-35-32-29-27-25-23-20-17-14-11-8-5-2/h15,18-19,21-22,30,50H,4-14,16-17,20,23-29,31-49H2,1-3H3/b18-15-,22-19-,30-21-. The van der Waals surface area contributed by atoms with Gasteiger partial charge in [0.15, 0.2) is 6.10 Å². The highest BCUT2D eigenvalue weighted by atomic mass is 16.6. The average Bonchev–Trinajstić information content (AvgIpc) is 3.23. The van der Waals surface area contributed by atoms with Crippen molar-refractivity contribution in [2.75, 3.05) is 13.2 Å². The molecule has 0 heterocycles. The number of esters is 3. The van der Waals surface area contributed by atoms with Crippen LogP contribution >= 0.6 is 0 Å². The molecule has 0 radical (unpaired) electrons. The zero-order chi connectivity index (χ0) is 43.0. The summed E-state index contributed by atoms with van der Waals surface area (Å²) in [5.41, 5.74) is 0. The summed E-state index contributed by atoms with van der Waals surface area (Å²) in [6, 6.07) is 0. The molecule has 0 aromatic heterocycles. The summed E-state index contributed by atoms with van der Waals surface area (Å²) < 4.78 is 16.8. The third-order valence-electron chi connectivity index (χ3n) is 11.1. The van der Waals surface area contributed by atoms with Gasteiger partial charge in [-0.25, -0.2) is 0 Å². The molecule has 344 valence electrons. The van der Waals surface area contributed by atoms with Crippen LogP contribution in [0.15, 0.2) is 36.5 Å². The van der Waals surface area contributed by atoms with E-state index in [2.05, 4.69) is 57.2 Å². The van der Waals surface area contributed by atoms with Gasteiger partial charge in [0.25, 0.3) is 0 Å². The Morgan fingerprint density at radius 2 is 0.627 bits per heavy atom. The van der Waals surface area contributed by atoms with Crippen LogP contribution in [0.2, 0.25) is 0 Å². The first-order chi connectivity index (χ1) is 29.0. The number of hydrogen-bond acceptors (Lipinski definition) is 6. The van der Waals surface area contributed by atoms with Gasteiger partial charge in [-0.2, -0.15) is 0 Å². The van der Waals surface area contributed by atoms with Crippen LogP contribution in [-0.4, -0.2) is 37.2 Å². The van der Waals surface area contributed by atoms with Gasteiger partial charge in [-0.15, -0.1) is 0 Å². The Morgan fingerprint density at radius 1 is 0.339 bits per heavy atom. The Kier molecular flexibility index (Phi) is 46.4. The van der Waals surface area contributed by atoms with E-state index in [1.54, 1.807) is 0 Å². The number of carbonyl (C=O) groups is 3. The number of rotatable bonds is 46. The molecule has 0 aliphatic carbocycles. The topological polar surface area (TPSA) is 78.9 Å². The maximum atomic E-state index is 12.8. The molecule has 0 N–H and O–H groups in total. The first-order valence-electron chi connectivity index (χ1n) is 25.5. The maximum absolute atomic E-state index is 12.8. The Labute approximate surface area is 365 Å². The van der Waals surface area contributed by atoms with E-state index in [0.29, 0.717) is 19.3 Å². The zero-order valence-corrected chi connectivity index (χ0v) is 39.3. The lowest BCUT2D eigenvalue weighted by atomic mass is 10.0. The Morgan fingerprint density at radius 3 is 1.03 bits per heavy atom. The van der Waals surface area contributed by atoms with Crippen molar-refractivity contribution in [1.29, 1.82) is 0 Å². The molecule has 0 amide bonds. The molecule has 0 aliphatic rings. The molecule has 6 nitrogen and oxygen atoms in total. The molecule has 1 atom stereocenters. The highest BCUT2D eigenvalue weighted by molar-refractivity contribution is 5.71. The average molecular weight is 829 g/mol. The normalized spacial score (nSPS) is 12.3. The highest BCUT2D eigenvalue weighted by Crippen LogP contribution is 2.15. The summed E-state index contributed by atoms with van der Waals surface area (Å²) in [6.45, 7) is 6.56. The van der Waals surface area contributed by atoms with Crippen molar-refractivity contribution in [1.82, 2.24) is 0 Å². The molecule has 0 spiro atoms. The second-order valence-corrected chi connectivity index (χ2v) is 17.1. The first kappa shape index (κ1) is 56.6. The van der Waals surface area contributed by atoms with E-state index in [9.17, 15) is 14.4 Å². The minimum Gasteiger partial charge on any atom is -0.462 e. The summed E-state index contributed by atoms with van der Waals surface area (Å²) in [5, 5.41) is 0. The van der Waals surface area contributed by atoms with Gasteiger partial charge in [0.2, 0.25) is 0 Å². The number of hydrogen-bond donors (Lipinski definition) is 0. The van der Waals surface area contributed by atoms with Gasteiger partial charge >= 0.3 is 17.9 Å². The Balaban J connectivity index is 4.36. The van der Waals surface area contributed by atoms with Crippen LogP contribution in [0.3, 0.4) is 0 Å². The molecule has 0 saturated carbocycles. The van der Waals surface area contributed by atoms with Crippen molar-refractivity contribution >= 4 is 17.9 Å². The van der Waals surface area contributed by atoms with Gasteiger partial charge in [0.05, 0.1) is 0 Å². The monoisotopic (exact) mass is 829 g/mol. The SMILES string of the molecule is CCCC/C=C\C=C/CCCCCC(=O)OCC(COC(=O)CCCCCCCCC/C=C\CCCCCC)OC(=O)CCCCCCCCCCCCCCCCC. The van der Waals surface area contributed by atoms with Crippen LogP contribution in [0.4, 0.5) is 0 Å². The largest absolute Gasteiger partial charge is 0.462 e. The van der Waals surface area contributed by atoms with E-state index in [0.717, 1.165) is 70.6 Å². The lowest BCUT2D eigenvalue weighted by molar-refractivity contribution is -0.167. The van der Waals surface area contributed by atoms with Crippen LogP contribution in [-0.2, 0) is 28.6 Å². The van der Waals surface area contributed by atoms with Crippen molar-refractivity contribution in [2.45, 2.75) is 271 Å². The van der Waals surface area contributed by atoms with Crippen molar-refractivity contribution in [3.05, 3.63) is 36.5 Å². The van der Waals surface area contributed by atoms with Crippen LogP contribution < -0.4 is 0 Å². The number of carbonyl (C=O) groups excluding carboxylic acids is 3. The summed E-state index contributed by atoms with van der Waals surface area (Å²) >= 11 is 0. The van der Waals surface area contributed by atoms with Crippen LogP contribution in [0.25, 0.3) is 0 Å². The van der Waals surface area contributed by atoms with E-state index in [-0.39, 0.29) is 31.1 Å². The fraction of sp³-hybridized carbons (Fsp3) is 0.830. The number of ether oxygens (including phenoxy) is 3. The van der Waals surface area contributed by atoms with Crippen molar-refractivity contribution < 1.29 is 28.6 Å². The van der Waals surface area contributed by atoms with E-state index in [1.165, 1.54) is 154 Å². The lowest BCUT2D eigenvalue weighted by Gasteiger charge is -2.18. The molecule has 59 heavy (non-hydrogen) atoms. The number of allylic oxidation sites excluding steroid dienone is 6. The van der Waals surface area contributed by atoms with E-state index >= 15 is 0 Å². The van der Waals surface area contributed by atoms with E-state index in [4.69, 9.17) is 14.2 Å². The maximum Gasteiger partial charge on any atom is 0.306 e. The van der Waals surface area contributed by atoms with Crippen molar-refractivity contribution in [2.24, 2.45) is 0 Å². The second kappa shape index (κ2) is 48.3. The minimum atomic E-state index is -0.779. The molecule has 6 heteroatoms. The quantitative estimate of drug-likeness (QED) is 0.0200. The molecule has 1 unspecified atom stereocenters. The summed E-state index contributed by atoms with van der Waals surface area (Å²) in [5.74, 6) is -0.904. The molecule has 0 aromatic rings. The van der Waals surface area contributed by atoms with Crippen molar-refractivity contribution in [3.63, 3.8) is 0 Å². The first-order valence-corrected chi connectivity index (χ1v) is 25.5. The smallest absolute Gasteiger partial charge is 0.306 e.